The third kappa shape index (κ3) is 13.0. The molecule has 0 radical (unpaired) electrons. The zero-order valence-electron chi connectivity index (χ0n) is 29.5. The van der Waals surface area contributed by atoms with E-state index in [1.165, 1.54) is 11.1 Å². The number of halogens is 2. The van der Waals surface area contributed by atoms with Gasteiger partial charge in [-0.2, -0.15) is 0 Å². The van der Waals surface area contributed by atoms with E-state index in [2.05, 4.69) is 70.4 Å². The summed E-state index contributed by atoms with van der Waals surface area (Å²) < 4.78 is 16.3. The summed E-state index contributed by atoms with van der Waals surface area (Å²) in [6, 6.07) is 24.8. The van der Waals surface area contributed by atoms with E-state index in [0.717, 1.165) is 84.8 Å². The fourth-order valence-corrected chi connectivity index (χ4v) is 6.30. The maximum atomic E-state index is 6.24. The van der Waals surface area contributed by atoms with Gasteiger partial charge in [-0.05, 0) is 67.5 Å². The van der Waals surface area contributed by atoms with Crippen molar-refractivity contribution in [2.24, 2.45) is 0 Å². The predicted octanol–water partition coefficient (Wildman–Crippen LogP) is 3.47. The van der Waals surface area contributed by atoms with Gasteiger partial charge in [0, 0.05) is 54.7 Å². The first-order valence-corrected chi connectivity index (χ1v) is 17.9. The second-order valence-electron chi connectivity index (χ2n) is 12.2. The number of hydrogen-bond acceptors (Lipinski definition) is 9. The average Bonchev–Trinajstić information content (AvgIpc) is 3.12. The Kier molecular flexibility index (Phi) is 18.2. The molecule has 0 atom stereocenters. The summed E-state index contributed by atoms with van der Waals surface area (Å²) in [4.78, 5) is 17.3. The van der Waals surface area contributed by atoms with E-state index >= 15 is 0 Å². The molecule has 3 aromatic carbocycles. The number of anilines is 1. The molecule has 5 rings (SSSR count). The number of benzene rings is 3. The molecular weight excluding hydrogens is 682 g/mol. The van der Waals surface area contributed by atoms with Gasteiger partial charge in [-0.1, -0.05) is 66.2 Å². The van der Waals surface area contributed by atoms with Gasteiger partial charge in [0.1, 0.15) is 11.6 Å². The molecule has 0 unspecified atom stereocenters. The van der Waals surface area contributed by atoms with Gasteiger partial charge < -0.3 is 31.4 Å². The standard InChI is InChI=1S/C38H49Cl2N6O3.Na/c1-3-47-25-26-49-28-27-48-24-23-44(2)18-6-17-41-38-34-7-4-5-8-35(34)42-36(43-38)29-45-19-21-46(22-20-45)37(30-9-13-32(39)14-10-30)31-11-15-33(40)16-12-31;/h4-5,7-16,37H,1,3,6,17-29H2,2H3,(H,41,42,43);/q-1;+1. The SMILES string of the molecule is [CH2-]COCCOCCOCCN(C)CCCNc1nc(CN2CCN(C(c3ccc(Cl)cc3)c3ccc(Cl)cc3)CC2)nc2ccccc12.[Na+]. The maximum absolute atomic E-state index is 6.24. The number of fused-ring (bicyclic) bond motifs is 1. The first-order chi connectivity index (χ1) is 24.0. The van der Waals surface area contributed by atoms with Gasteiger partial charge in [0.25, 0.3) is 0 Å². The molecule has 1 N–H and O–H groups in total. The Labute approximate surface area is 329 Å². The van der Waals surface area contributed by atoms with Crippen molar-refractivity contribution in [2.75, 3.05) is 97.8 Å². The number of nitrogens with one attached hydrogen (secondary N) is 1. The molecule has 0 saturated carbocycles. The van der Waals surface area contributed by atoms with Crippen molar-refractivity contribution in [3.8, 4) is 0 Å². The number of nitrogens with zero attached hydrogens (tertiary/aromatic N) is 5. The van der Waals surface area contributed by atoms with Crippen LogP contribution in [0.2, 0.25) is 10.0 Å². The Morgan fingerprint density at radius 3 is 2.02 bits per heavy atom. The Balaban J connectivity index is 0.00000562. The molecule has 0 aliphatic carbocycles. The van der Waals surface area contributed by atoms with Crippen molar-refractivity contribution in [3.05, 3.63) is 107 Å². The van der Waals surface area contributed by atoms with Gasteiger partial charge in [0.05, 0.1) is 51.1 Å². The normalized spacial score (nSPS) is 14.0. The van der Waals surface area contributed by atoms with Crippen LogP contribution in [0, 0.1) is 6.92 Å². The van der Waals surface area contributed by atoms with Crippen LogP contribution in [0.25, 0.3) is 10.9 Å². The van der Waals surface area contributed by atoms with Crippen molar-refractivity contribution in [1.29, 1.82) is 0 Å². The monoisotopic (exact) mass is 730 g/mol. The van der Waals surface area contributed by atoms with Crippen LogP contribution in [0.15, 0.2) is 72.8 Å². The van der Waals surface area contributed by atoms with Crippen LogP contribution in [0.5, 0.6) is 0 Å². The van der Waals surface area contributed by atoms with Gasteiger partial charge in [-0.3, -0.25) is 9.80 Å². The van der Waals surface area contributed by atoms with Crippen LogP contribution in [0.1, 0.15) is 29.4 Å². The molecule has 1 saturated heterocycles. The van der Waals surface area contributed by atoms with E-state index < -0.39 is 0 Å². The number of hydrogen-bond donors (Lipinski definition) is 1. The number of piperazine rings is 1. The topological polar surface area (TPSA) is 75.2 Å². The summed E-state index contributed by atoms with van der Waals surface area (Å²) in [5, 5.41) is 6.14. The molecule has 1 fully saturated rings. The molecule has 0 spiro atoms. The van der Waals surface area contributed by atoms with Crippen molar-refractivity contribution in [3.63, 3.8) is 0 Å². The van der Waals surface area contributed by atoms with Crippen molar-refractivity contribution >= 4 is 39.9 Å². The van der Waals surface area contributed by atoms with E-state index in [4.69, 9.17) is 47.4 Å². The molecular formula is C38H49Cl2N6NaO3. The average molecular weight is 732 g/mol. The zero-order chi connectivity index (χ0) is 34.3. The molecule has 4 aromatic rings. The predicted molar refractivity (Wildman–Crippen MR) is 200 cm³/mol. The summed E-state index contributed by atoms with van der Waals surface area (Å²) in [5.74, 6) is 1.74. The number of likely N-dealkylation sites (N-methyl/N-ethyl adjacent to an activating group) is 1. The minimum atomic E-state index is 0. The van der Waals surface area contributed by atoms with Crippen LogP contribution < -0.4 is 34.9 Å². The number of ether oxygens (including phenoxy) is 3. The van der Waals surface area contributed by atoms with Crippen LogP contribution in [-0.2, 0) is 20.8 Å². The van der Waals surface area contributed by atoms with Crippen LogP contribution in [0.4, 0.5) is 5.82 Å². The first-order valence-electron chi connectivity index (χ1n) is 17.2. The molecule has 9 nitrogen and oxygen atoms in total. The van der Waals surface area contributed by atoms with Crippen LogP contribution in [0.3, 0.4) is 0 Å². The molecule has 2 heterocycles. The maximum Gasteiger partial charge on any atom is 1.00 e. The van der Waals surface area contributed by atoms with Gasteiger partial charge in [0.2, 0.25) is 0 Å². The summed E-state index contributed by atoms with van der Waals surface area (Å²) >= 11 is 12.5. The zero-order valence-corrected chi connectivity index (χ0v) is 33.0. The third-order valence-electron chi connectivity index (χ3n) is 8.67. The Bertz CT molecular complexity index is 1500. The van der Waals surface area contributed by atoms with E-state index in [-0.39, 0.29) is 35.6 Å². The summed E-state index contributed by atoms with van der Waals surface area (Å²) in [7, 11) is 2.13. The second kappa shape index (κ2) is 22.3. The Hall–Kier alpha value is -1.86. The number of para-hydroxylation sites is 1. The smallest absolute Gasteiger partial charge is 0.411 e. The summed E-state index contributed by atoms with van der Waals surface area (Å²) in [6.45, 7) is 14.2. The fraction of sp³-hybridized carbons (Fsp3) is 0.447. The number of aromatic nitrogens is 2. The van der Waals surface area contributed by atoms with Gasteiger partial charge >= 0.3 is 29.6 Å². The van der Waals surface area contributed by atoms with Gasteiger partial charge in [-0.15, -0.1) is 0 Å². The van der Waals surface area contributed by atoms with Crippen molar-refractivity contribution in [1.82, 2.24) is 24.7 Å². The van der Waals surface area contributed by atoms with Gasteiger partial charge in [-0.25, -0.2) is 9.97 Å². The summed E-state index contributed by atoms with van der Waals surface area (Å²) in [6.07, 6.45) is 0.990. The van der Waals surface area contributed by atoms with E-state index in [0.29, 0.717) is 46.2 Å². The summed E-state index contributed by atoms with van der Waals surface area (Å²) in [5.41, 5.74) is 3.41. The molecule has 0 bridgehead atoms. The molecule has 1 aromatic heterocycles. The number of rotatable bonds is 20. The third-order valence-corrected chi connectivity index (χ3v) is 9.18. The minimum absolute atomic E-state index is 0. The Morgan fingerprint density at radius 2 is 1.38 bits per heavy atom. The molecule has 264 valence electrons. The van der Waals surface area contributed by atoms with E-state index in [1.54, 1.807) is 0 Å². The minimum Gasteiger partial charge on any atom is -0.411 e. The first kappa shape index (κ1) is 40.9. The van der Waals surface area contributed by atoms with Crippen molar-refractivity contribution < 1.29 is 43.8 Å². The molecule has 1 aliphatic rings. The molecule has 50 heavy (non-hydrogen) atoms. The largest absolute Gasteiger partial charge is 1.00 e. The second-order valence-corrected chi connectivity index (χ2v) is 13.1. The van der Waals surface area contributed by atoms with E-state index in [9.17, 15) is 0 Å². The van der Waals surface area contributed by atoms with Gasteiger partial charge in [0.15, 0.2) is 0 Å². The van der Waals surface area contributed by atoms with Crippen LogP contribution in [-0.4, -0.2) is 117 Å². The molecule has 12 heteroatoms. The van der Waals surface area contributed by atoms with E-state index in [1.807, 2.05) is 36.4 Å². The quantitative estimate of drug-likeness (QED) is 0.0837. The molecule has 0 amide bonds. The van der Waals surface area contributed by atoms with Crippen LogP contribution >= 0.6 is 23.2 Å². The fourth-order valence-electron chi connectivity index (χ4n) is 6.04. The molecule has 1 aliphatic heterocycles. The van der Waals surface area contributed by atoms with Crippen molar-refractivity contribution in [2.45, 2.75) is 19.0 Å². The Morgan fingerprint density at radius 1 is 0.780 bits per heavy atom.